The van der Waals surface area contributed by atoms with Crippen molar-refractivity contribution in [2.75, 3.05) is 13.1 Å². The van der Waals surface area contributed by atoms with Gasteiger partial charge in [0.2, 0.25) is 5.56 Å². The minimum absolute atomic E-state index is 0.0976. The molecule has 2 saturated heterocycles. The Morgan fingerprint density at radius 2 is 2.05 bits per heavy atom. The second kappa shape index (κ2) is 4.72. The van der Waals surface area contributed by atoms with Gasteiger partial charge in [0.1, 0.15) is 11.2 Å². The fourth-order valence-corrected chi connectivity index (χ4v) is 2.79. The van der Waals surface area contributed by atoms with E-state index in [2.05, 4.69) is 15.6 Å². The SMILES string of the molecule is O=C1NC(=O)C2(CCCN(C(=O)c3cccc(=O)[nH]3)C2)N1. The van der Waals surface area contributed by atoms with Gasteiger partial charge in [0.05, 0.1) is 6.54 Å². The molecule has 110 valence electrons. The summed E-state index contributed by atoms with van der Waals surface area (Å²) in [4.78, 5) is 50.9. The lowest BCUT2D eigenvalue weighted by molar-refractivity contribution is -0.125. The van der Waals surface area contributed by atoms with Crippen molar-refractivity contribution in [1.29, 1.82) is 0 Å². The van der Waals surface area contributed by atoms with Crippen molar-refractivity contribution in [3.05, 3.63) is 34.2 Å². The number of hydrogen-bond acceptors (Lipinski definition) is 4. The van der Waals surface area contributed by atoms with E-state index in [0.29, 0.717) is 19.4 Å². The molecule has 21 heavy (non-hydrogen) atoms. The summed E-state index contributed by atoms with van der Waals surface area (Å²) in [6, 6.07) is 3.79. The number of aromatic nitrogens is 1. The molecule has 3 heterocycles. The van der Waals surface area contributed by atoms with Gasteiger partial charge in [0.15, 0.2) is 0 Å². The summed E-state index contributed by atoms with van der Waals surface area (Å²) in [7, 11) is 0. The number of H-pyrrole nitrogens is 1. The maximum absolute atomic E-state index is 12.4. The average Bonchev–Trinajstić information content (AvgIpc) is 2.72. The van der Waals surface area contributed by atoms with Gasteiger partial charge in [-0.1, -0.05) is 6.07 Å². The molecule has 8 nitrogen and oxygen atoms in total. The topological polar surface area (TPSA) is 111 Å². The van der Waals surface area contributed by atoms with Crippen LogP contribution in [0.15, 0.2) is 23.0 Å². The quantitative estimate of drug-likeness (QED) is 0.587. The molecule has 0 aromatic carbocycles. The van der Waals surface area contributed by atoms with Crippen LogP contribution in [-0.2, 0) is 4.79 Å². The fraction of sp³-hybridized carbons (Fsp3) is 0.385. The Balaban J connectivity index is 1.83. The number of carbonyl (C=O) groups is 3. The lowest BCUT2D eigenvalue weighted by Gasteiger charge is -2.37. The van der Waals surface area contributed by atoms with Crippen molar-refractivity contribution in [2.24, 2.45) is 0 Å². The summed E-state index contributed by atoms with van der Waals surface area (Å²) >= 11 is 0. The van der Waals surface area contributed by atoms with Crippen LogP contribution in [0.2, 0.25) is 0 Å². The van der Waals surface area contributed by atoms with E-state index < -0.39 is 17.5 Å². The number of likely N-dealkylation sites (tertiary alicyclic amines) is 1. The molecule has 2 fully saturated rings. The van der Waals surface area contributed by atoms with Gasteiger partial charge in [-0.3, -0.25) is 19.7 Å². The third-order valence-electron chi connectivity index (χ3n) is 3.79. The van der Waals surface area contributed by atoms with Crippen molar-refractivity contribution >= 4 is 17.8 Å². The van der Waals surface area contributed by atoms with Gasteiger partial charge in [0.25, 0.3) is 11.8 Å². The molecule has 4 amide bonds. The Morgan fingerprint density at radius 1 is 1.24 bits per heavy atom. The normalized spacial score (nSPS) is 24.9. The van der Waals surface area contributed by atoms with Crippen LogP contribution in [0.25, 0.3) is 0 Å². The number of urea groups is 1. The van der Waals surface area contributed by atoms with Crippen molar-refractivity contribution in [3.8, 4) is 0 Å². The number of piperidine rings is 1. The van der Waals surface area contributed by atoms with Crippen molar-refractivity contribution in [2.45, 2.75) is 18.4 Å². The van der Waals surface area contributed by atoms with Gasteiger partial charge in [-0.05, 0) is 18.9 Å². The lowest BCUT2D eigenvalue weighted by atomic mass is 9.89. The molecule has 0 bridgehead atoms. The molecule has 2 aliphatic rings. The van der Waals surface area contributed by atoms with E-state index in [-0.39, 0.29) is 23.7 Å². The smallest absolute Gasteiger partial charge is 0.322 e. The van der Waals surface area contributed by atoms with Crippen molar-refractivity contribution in [1.82, 2.24) is 20.5 Å². The average molecular weight is 290 g/mol. The van der Waals surface area contributed by atoms with Crippen LogP contribution in [0, 0.1) is 0 Å². The van der Waals surface area contributed by atoms with E-state index in [1.165, 1.54) is 23.1 Å². The molecule has 1 unspecified atom stereocenters. The standard InChI is InChI=1S/C13H14N4O4/c18-9-4-1-3-8(14-9)10(19)17-6-2-5-13(7-17)11(20)15-12(21)16-13/h1,3-4H,2,5-7H2,(H,14,18)(H2,15,16,20,21). The van der Waals surface area contributed by atoms with Crippen LogP contribution in [0.3, 0.4) is 0 Å². The molecule has 3 N–H and O–H groups in total. The van der Waals surface area contributed by atoms with Gasteiger partial charge in [-0.15, -0.1) is 0 Å². The second-order valence-electron chi connectivity index (χ2n) is 5.25. The highest BCUT2D eigenvalue weighted by Crippen LogP contribution is 2.25. The predicted octanol–water partition coefficient (Wildman–Crippen LogP) is -0.811. The summed E-state index contributed by atoms with van der Waals surface area (Å²) in [6.07, 6.45) is 1.08. The van der Waals surface area contributed by atoms with Gasteiger partial charge in [-0.25, -0.2) is 4.79 Å². The third-order valence-corrected chi connectivity index (χ3v) is 3.79. The van der Waals surface area contributed by atoms with Crippen LogP contribution in [0.1, 0.15) is 23.3 Å². The molecular formula is C13H14N4O4. The summed E-state index contributed by atoms with van der Waals surface area (Å²) in [5.74, 6) is -0.771. The minimum atomic E-state index is -1.06. The number of carbonyl (C=O) groups excluding carboxylic acids is 3. The first-order valence-corrected chi connectivity index (χ1v) is 6.62. The Labute approximate surface area is 119 Å². The van der Waals surface area contributed by atoms with Gasteiger partial charge < -0.3 is 15.2 Å². The highest BCUT2D eigenvalue weighted by molar-refractivity contribution is 6.07. The largest absolute Gasteiger partial charge is 0.334 e. The summed E-state index contributed by atoms with van der Waals surface area (Å²) < 4.78 is 0. The summed E-state index contributed by atoms with van der Waals surface area (Å²) in [5.41, 5.74) is -1.25. The number of rotatable bonds is 1. The molecule has 0 saturated carbocycles. The molecule has 1 aromatic rings. The number of pyridine rings is 1. The second-order valence-corrected chi connectivity index (χ2v) is 5.25. The summed E-state index contributed by atoms with van der Waals surface area (Å²) in [6.45, 7) is 0.570. The van der Waals surface area contributed by atoms with Gasteiger partial charge in [0, 0.05) is 12.6 Å². The fourth-order valence-electron chi connectivity index (χ4n) is 2.79. The Bertz CT molecular complexity index is 683. The number of nitrogens with zero attached hydrogens (tertiary/aromatic N) is 1. The number of hydrogen-bond donors (Lipinski definition) is 3. The number of aromatic amines is 1. The van der Waals surface area contributed by atoms with Gasteiger partial charge >= 0.3 is 6.03 Å². The minimum Gasteiger partial charge on any atom is -0.334 e. The van der Waals surface area contributed by atoms with Crippen LogP contribution in [-0.4, -0.2) is 46.4 Å². The summed E-state index contributed by atoms with van der Waals surface area (Å²) in [5, 5.41) is 4.80. The lowest BCUT2D eigenvalue weighted by Crippen LogP contribution is -2.59. The zero-order valence-electron chi connectivity index (χ0n) is 11.1. The van der Waals surface area contributed by atoms with Crippen LogP contribution >= 0.6 is 0 Å². The molecule has 1 spiro atoms. The molecule has 3 rings (SSSR count). The third kappa shape index (κ3) is 2.28. The van der Waals surface area contributed by atoms with Crippen LogP contribution in [0.5, 0.6) is 0 Å². The first kappa shape index (κ1) is 13.3. The number of imide groups is 1. The maximum atomic E-state index is 12.4. The molecular weight excluding hydrogens is 276 g/mol. The molecule has 1 atom stereocenters. The highest BCUT2D eigenvalue weighted by Gasteiger charge is 2.49. The zero-order chi connectivity index (χ0) is 15.0. The van der Waals surface area contributed by atoms with Gasteiger partial charge in [-0.2, -0.15) is 0 Å². The Morgan fingerprint density at radius 3 is 2.71 bits per heavy atom. The van der Waals surface area contributed by atoms with E-state index in [1.54, 1.807) is 0 Å². The zero-order valence-corrected chi connectivity index (χ0v) is 11.1. The molecule has 1 aromatic heterocycles. The van der Waals surface area contributed by atoms with Crippen molar-refractivity contribution in [3.63, 3.8) is 0 Å². The molecule has 2 aliphatic heterocycles. The van der Waals surface area contributed by atoms with E-state index in [9.17, 15) is 19.2 Å². The van der Waals surface area contributed by atoms with E-state index in [0.717, 1.165) is 0 Å². The predicted molar refractivity (Wildman–Crippen MR) is 71.6 cm³/mol. The van der Waals surface area contributed by atoms with Crippen molar-refractivity contribution < 1.29 is 14.4 Å². The van der Waals surface area contributed by atoms with E-state index >= 15 is 0 Å². The first-order chi connectivity index (χ1) is 10.00. The Kier molecular flexibility index (Phi) is 3.00. The Hall–Kier alpha value is -2.64. The van der Waals surface area contributed by atoms with E-state index in [4.69, 9.17) is 0 Å². The van der Waals surface area contributed by atoms with Crippen LogP contribution < -0.4 is 16.2 Å². The molecule has 8 heteroatoms. The number of amides is 4. The molecule has 0 aliphatic carbocycles. The molecule has 0 radical (unpaired) electrons. The number of nitrogens with one attached hydrogen (secondary N) is 3. The van der Waals surface area contributed by atoms with E-state index in [1.807, 2.05) is 0 Å². The monoisotopic (exact) mass is 290 g/mol. The first-order valence-electron chi connectivity index (χ1n) is 6.62. The van der Waals surface area contributed by atoms with Crippen LogP contribution in [0.4, 0.5) is 4.79 Å². The highest BCUT2D eigenvalue weighted by atomic mass is 16.2. The maximum Gasteiger partial charge on any atom is 0.322 e.